The van der Waals surface area contributed by atoms with Crippen LogP contribution in [0.4, 0.5) is 0 Å². The maximum atomic E-state index is 9.07. The highest BCUT2D eigenvalue weighted by molar-refractivity contribution is 6.36. The van der Waals surface area contributed by atoms with Gasteiger partial charge in [-0.2, -0.15) is 5.26 Å². The van der Waals surface area contributed by atoms with Gasteiger partial charge in [-0.25, -0.2) is 0 Å². The van der Waals surface area contributed by atoms with Gasteiger partial charge in [0.15, 0.2) is 11.5 Å². The molecule has 0 atom stereocenters. The third-order valence-electron chi connectivity index (χ3n) is 4.52. The molecule has 140 valence electrons. The molecule has 0 aliphatic carbocycles. The van der Waals surface area contributed by atoms with E-state index in [0.717, 1.165) is 25.9 Å². The summed E-state index contributed by atoms with van der Waals surface area (Å²) in [5, 5.41) is 10.2. The van der Waals surface area contributed by atoms with Crippen LogP contribution in [0.1, 0.15) is 32.3 Å². The molecule has 5 nitrogen and oxygen atoms in total. The van der Waals surface area contributed by atoms with Gasteiger partial charge in [0.2, 0.25) is 0 Å². The van der Waals surface area contributed by atoms with Gasteiger partial charge < -0.3 is 14.4 Å². The Morgan fingerprint density at radius 2 is 1.96 bits per heavy atom. The number of ether oxygens (including phenoxy) is 2. The summed E-state index contributed by atoms with van der Waals surface area (Å²) in [4.78, 5) is 6.64. The molecule has 6 heteroatoms. The zero-order valence-electron chi connectivity index (χ0n) is 15.9. The number of nitriles is 1. The monoisotopic (exact) mass is 375 g/mol. The first kappa shape index (κ1) is 20.3. The fraction of sp³-hybridized carbons (Fsp3) is 0.500. The van der Waals surface area contributed by atoms with Crippen molar-refractivity contribution in [3.8, 4) is 17.6 Å². The minimum absolute atomic E-state index is 0.353. The summed E-state index contributed by atoms with van der Waals surface area (Å²) in [6, 6.07) is 5.66. The van der Waals surface area contributed by atoms with E-state index in [0.29, 0.717) is 45.5 Å². The van der Waals surface area contributed by atoms with Crippen molar-refractivity contribution in [1.29, 1.82) is 5.26 Å². The highest BCUT2D eigenvalue weighted by Crippen LogP contribution is 2.36. The Kier molecular flexibility index (Phi) is 7.50. The molecule has 26 heavy (non-hydrogen) atoms. The predicted octanol–water partition coefficient (Wildman–Crippen LogP) is 4.52. The Morgan fingerprint density at radius 1 is 1.27 bits per heavy atom. The van der Waals surface area contributed by atoms with E-state index in [1.54, 1.807) is 13.2 Å². The molecule has 0 unspecified atom stereocenters. The molecule has 2 heterocycles. The third-order valence-corrected chi connectivity index (χ3v) is 4.93. The zero-order valence-corrected chi connectivity index (χ0v) is 16.6. The largest absolute Gasteiger partial charge is 0.493 e. The van der Waals surface area contributed by atoms with Crippen molar-refractivity contribution in [2.75, 3.05) is 33.9 Å². The molecule has 0 radical (unpaired) electrons. The lowest BCUT2D eigenvalue weighted by atomic mass is 9.98. The molecule has 0 bridgehead atoms. The quantitative estimate of drug-likeness (QED) is 0.786. The second-order valence-electron chi connectivity index (χ2n) is 6.18. The van der Waals surface area contributed by atoms with Gasteiger partial charge in [-0.15, -0.1) is 0 Å². The molecule has 1 aromatic heterocycles. The van der Waals surface area contributed by atoms with Crippen LogP contribution in [0.3, 0.4) is 0 Å². The van der Waals surface area contributed by atoms with Gasteiger partial charge in [0, 0.05) is 17.6 Å². The van der Waals surface area contributed by atoms with Gasteiger partial charge in [-0.3, -0.25) is 4.98 Å². The molecule has 1 aromatic carbocycles. The third kappa shape index (κ3) is 4.57. The van der Waals surface area contributed by atoms with E-state index in [-0.39, 0.29) is 0 Å². The molecular formula is C20H26ClN3O2. The fourth-order valence-electron chi connectivity index (χ4n) is 2.95. The molecule has 1 aliphatic rings. The Morgan fingerprint density at radius 3 is 2.58 bits per heavy atom. The van der Waals surface area contributed by atoms with Gasteiger partial charge in [-0.1, -0.05) is 25.4 Å². The fourth-order valence-corrected chi connectivity index (χ4v) is 3.20. The number of methoxy groups -OCH3 is 1. The number of piperidine rings is 1. The van der Waals surface area contributed by atoms with E-state index in [4.69, 9.17) is 26.3 Å². The number of pyridine rings is 1. The SMILES string of the molecule is CC.COc1cc2c(Cl)c(C#N)cnc2cc1OCC1CCN(C)CC1. The van der Waals surface area contributed by atoms with Crippen molar-refractivity contribution in [3.05, 3.63) is 28.9 Å². The van der Waals surface area contributed by atoms with Crippen LogP contribution in [0, 0.1) is 17.2 Å². The van der Waals surface area contributed by atoms with Crippen molar-refractivity contribution in [1.82, 2.24) is 9.88 Å². The highest BCUT2D eigenvalue weighted by atomic mass is 35.5. The van der Waals surface area contributed by atoms with Crippen molar-refractivity contribution >= 4 is 22.5 Å². The Bertz CT molecular complexity index is 781. The van der Waals surface area contributed by atoms with Gasteiger partial charge in [0.1, 0.15) is 6.07 Å². The number of halogens is 1. The van der Waals surface area contributed by atoms with E-state index < -0.39 is 0 Å². The zero-order chi connectivity index (χ0) is 19.1. The number of benzene rings is 1. The van der Waals surface area contributed by atoms with Crippen LogP contribution in [0.2, 0.25) is 5.02 Å². The second kappa shape index (κ2) is 9.61. The average Bonchev–Trinajstić information content (AvgIpc) is 2.69. The van der Waals surface area contributed by atoms with Crippen LogP contribution in [0.15, 0.2) is 18.3 Å². The van der Waals surface area contributed by atoms with Crippen LogP contribution in [0.25, 0.3) is 10.9 Å². The van der Waals surface area contributed by atoms with Crippen LogP contribution in [-0.2, 0) is 0 Å². The number of rotatable bonds is 4. The Labute approximate surface area is 160 Å². The molecule has 0 N–H and O–H groups in total. The van der Waals surface area contributed by atoms with E-state index in [2.05, 4.69) is 16.9 Å². The second-order valence-corrected chi connectivity index (χ2v) is 6.55. The average molecular weight is 376 g/mol. The van der Waals surface area contributed by atoms with E-state index in [1.807, 2.05) is 26.0 Å². The summed E-state index contributed by atoms with van der Waals surface area (Å²) in [6.07, 6.45) is 3.77. The molecular weight excluding hydrogens is 350 g/mol. The number of fused-ring (bicyclic) bond motifs is 1. The van der Waals surface area contributed by atoms with Gasteiger partial charge in [-0.05, 0) is 45.0 Å². The Balaban J connectivity index is 0.00000117. The Hall–Kier alpha value is -2.03. The molecule has 1 fully saturated rings. The number of hydrogen-bond donors (Lipinski definition) is 0. The molecule has 1 saturated heterocycles. The normalized spacial score (nSPS) is 15.1. The van der Waals surface area contributed by atoms with Gasteiger partial charge in [0.25, 0.3) is 0 Å². The van der Waals surface area contributed by atoms with Crippen LogP contribution in [-0.4, -0.2) is 43.7 Å². The summed E-state index contributed by atoms with van der Waals surface area (Å²) >= 11 is 6.27. The van der Waals surface area contributed by atoms with E-state index in [1.165, 1.54) is 6.20 Å². The molecule has 1 aliphatic heterocycles. The lowest BCUT2D eigenvalue weighted by Crippen LogP contribution is -2.32. The molecule has 0 amide bonds. The summed E-state index contributed by atoms with van der Waals surface area (Å²) in [5.74, 6) is 1.82. The van der Waals surface area contributed by atoms with Gasteiger partial charge in [0.05, 0.1) is 29.8 Å². The smallest absolute Gasteiger partial charge is 0.163 e. The maximum Gasteiger partial charge on any atom is 0.163 e. The van der Waals surface area contributed by atoms with Crippen molar-refractivity contribution in [3.63, 3.8) is 0 Å². The number of likely N-dealkylation sites (tertiary alicyclic amines) is 1. The van der Waals surface area contributed by atoms with Crippen LogP contribution < -0.4 is 9.47 Å². The highest BCUT2D eigenvalue weighted by Gasteiger charge is 2.19. The van der Waals surface area contributed by atoms with E-state index >= 15 is 0 Å². The standard InChI is InChI=1S/C18H20ClN3O2.C2H6/c1-22-5-3-12(4-6-22)11-24-17-8-15-14(7-16(17)23-2)18(19)13(9-20)10-21-15;1-2/h7-8,10,12H,3-6,11H2,1-2H3;1-2H3. The first-order valence-corrected chi connectivity index (χ1v) is 9.38. The topological polar surface area (TPSA) is 58.4 Å². The number of nitrogens with zero attached hydrogens (tertiary/aromatic N) is 3. The maximum absolute atomic E-state index is 9.07. The number of hydrogen-bond acceptors (Lipinski definition) is 5. The molecule has 0 saturated carbocycles. The predicted molar refractivity (Wildman–Crippen MR) is 105 cm³/mol. The summed E-state index contributed by atoms with van der Waals surface area (Å²) < 4.78 is 11.5. The van der Waals surface area contributed by atoms with Crippen molar-refractivity contribution in [2.45, 2.75) is 26.7 Å². The minimum atomic E-state index is 0.353. The summed E-state index contributed by atoms with van der Waals surface area (Å²) in [6.45, 7) is 6.88. The summed E-state index contributed by atoms with van der Waals surface area (Å²) in [5.41, 5.74) is 1.05. The van der Waals surface area contributed by atoms with E-state index in [9.17, 15) is 0 Å². The lowest BCUT2D eigenvalue weighted by Gasteiger charge is -2.28. The first-order valence-electron chi connectivity index (χ1n) is 9.00. The minimum Gasteiger partial charge on any atom is -0.493 e. The molecule has 3 rings (SSSR count). The van der Waals surface area contributed by atoms with Crippen molar-refractivity contribution in [2.24, 2.45) is 5.92 Å². The summed E-state index contributed by atoms with van der Waals surface area (Å²) in [7, 11) is 3.74. The molecule has 2 aromatic rings. The number of aromatic nitrogens is 1. The van der Waals surface area contributed by atoms with Crippen LogP contribution in [0.5, 0.6) is 11.5 Å². The van der Waals surface area contributed by atoms with Crippen molar-refractivity contribution < 1.29 is 9.47 Å². The first-order chi connectivity index (χ1) is 12.6. The van der Waals surface area contributed by atoms with Gasteiger partial charge >= 0.3 is 0 Å². The molecule has 0 spiro atoms. The lowest BCUT2D eigenvalue weighted by molar-refractivity contribution is 0.157. The van der Waals surface area contributed by atoms with Crippen LogP contribution >= 0.6 is 11.6 Å².